The highest BCUT2D eigenvalue weighted by Gasteiger charge is 2.16. The van der Waals surface area contributed by atoms with E-state index in [0.29, 0.717) is 16.8 Å². The smallest absolute Gasteiger partial charge is 0.263 e. The van der Waals surface area contributed by atoms with Crippen LogP contribution in [0, 0.1) is 6.92 Å². The molecule has 4 N–H and O–H groups in total. The number of benzene rings is 1. The fourth-order valence-corrected chi connectivity index (χ4v) is 2.74. The average molecular weight is 306 g/mol. The fourth-order valence-electron chi connectivity index (χ4n) is 1.66. The van der Waals surface area contributed by atoms with Crippen LogP contribution in [0.4, 0.5) is 5.69 Å². The predicted octanol–water partition coefficient (Wildman–Crippen LogP) is 1.29. The third-order valence-electron chi connectivity index (χ3n) is 2.83. The molecule has 8 heteroatoms. The van der Waals surface area contributed by atoms with Crippen LogP contribution in [0.1, 0.15) is 11.1 Å². The highest BCUT2D eigenvalue weighted by Crippen LogP contribution is 2.20. The zero-order chi connectivity index (χ0) is 15.5. The van der Waals surface area contributed by atoms with Gasteiger partial charge in [0.25, 0.3) is 10.0 Å². The van der Waals surface area contributed by atoms with Crippen LogP contribution < -0.4 is 10.5 Å². The van der Waals surface area contributed by atoms with E-state index in [1.807, 2.05) is 0 Å². The van der Waals surface area contributed by atoms with Crippen molar-refractivity contribution in [2.75, 3.05) is 4.72 Å². The lowest BCUT2D eigenvalue weighted by atomic mass is 10.1. The van der Waals surface area contributed by atoms with Crippen LogP contribution in [0.3, 0.4) is 0 Å². The Morgan fingerprint density at radius 3 is 2.76 bits per heavy atom. The number of oxime groups is 1. The SMILES string of the molecule is Cc1ccc(C(N)=NO)cc1NS(=O)(=O)c1cccnc1. The second-order valence-electron chi connectivity index (χ2n) is 4.31. The molecule has 110 valence electrons. The molecule has 0 aliphatic carbocycles. The van der Waals surface area contributed by atoms with E-state index in [1.54, 1.807) is 19.1 Å². The fraction of sp³-hybridized carbons (Fsp3) is 0.0769. The van der Waals surface area contributed by atoms with Gasteiger partial charge in [-0.25, -0.2) is 8.42 Å². The molecule has 0 bridgehead atoms. The average Bonchev–Trinajstić information content (AvgIpc) is 2.49. The molecule has 0 radical (unpaired) electrons. The molecule has 7 nitrogen and oxygen atoms in total. The standard InChI is InChI=1S/C13H14N4O3S/c1-9-4-5-10(13(14)16-18)7-12(9)17-21(19,20)11-3-2-6-15-8-11/h2-8,17-18H,1H3,(H2,14,16). The van der Waals surface area contributed by atoms with Crippen molar-refractivity contribution < 1.29 is 13.6 Å². The number of aryl methyl sites for hydroxylation is 1. The minimum Gasteiger partial charge on any atom is -0.409 e. The van der Waals surface area contributed by atoms with Gasteiger partial charge in [0.05, 0.1) is 5.69 Å². The lowest BCUT2D eigenvalue weighted by molar-refractivity contribution is 0.318. The first kappa shape index (κ1) is 14.8. The molecule has 0 spiro atoms. The van der Waals surface area contributed by atoms with Gasteiger partial charge in [0.2, 0.25) is 0 Å². The van der Waals surface area contributed by atoms with Crippen molar-refractivity contribution in [3.63, 3.8) is 0 Å². The van der Waals surface area contributed by atoms with E-state index in [1.165, 1.54) is 30.6 Å². The van der Waals surface area contributed by atoms with Gasteiger partial charge in [0.15, 0.2) is 5.84 Å². The molecular weight excluding hydrogens is 292 g/mol. The minimum absolute atomic E-state index is 0.0543. The van der Waals surface area contributed by atoms with Gasteiger partial charge in [-0.1, -0.05) is 17.3 Å². The van der Waals surface area contributed by atoms with Gasteiger partial charge in [-0.2, -0.15) is 0 Å². The molecule has 0 saturated carbocycles. The van der Waals surface area contributed by atoms with Gasteiger partial charge in [-0.15, -0.1) is 0 Å². The van der Waals surface area contributed by atoms with Gasteiger partial charge in [0.1, 0.15) is 4.90 Å². The van der Waals surface area contributed by atoms with E-state index in [-0.39, 0.29) is 10.7 Å². The molecule has 21 heavy (non-hydrogen) atoms. The Kier molecular flexibility index (Phi) is 4.08. The summed E-state index contributed by atoms with van der Waals surface area (Å²) in [6, 6.07) is 7.78. The molecule has 0 saturated heterocycles. The van der Waals surface area contributed by atoms with Crippen molar-refractivity contribution in [1.29, 1.82) is 0 Å². The molecular formula is C13H14N4O3S. The van der Waals surface area contributed by atoms with Crippen LogP contribution >= 0.6 is 0 Å². The maximum Gasteiger partial charge on any atom is 0.263 e. The van der Waals surface area contributed by atoms with E-state index in [2.05, 4.69) is 14.9 Å². The summed E-state index contributed by atoms with van der Waals surface area (Å²) in [6.45, 7) is 1.75. The molecule has 2 rings (SSSR count). The van der Waals surface area contributed by atoms with E-state index in [9.17, 15) is 8.42 Å². The quantitative estimate of drug-likeness (QED) is 0.340. The summed E-state index contributed by atoms with van der Waals surface area (Å²) >= 11 is 0. The first-order valence-corrected chi connectivity index (χ1v) is 7.44. The first-order chi connectivity index (χ1) is 9.94. The van der Waals surface area contributed by atoms with Crippen LogP contribution in [-0.2, 0) is 10.0 Å². The second kappa shape index (κ2) is 5.80. The molecule has 1 aromatic carbocycles. The molecule has 0 amide bonds. The summed E-state index contributed by atoms with van der Waals surface area (Å²) in [5.74, 6) is -0.100. The zero-order valence-electron chi connectivity index (χ0n) is 11.2. The Morgan fingerprint density at radius 2 is 2.14 bits per heavy atom. The summed E-state index contributed by atoms with van der Waals surface area (Å²) in [7, 11) is -3.74. The maximum atomic E-state index is 12.2. The third-order valence-corrected chi connectivity index (χ3v) is 4.18. The molecule has 1 aromatic heterocycles. The lowest BCUT2D eigenvalue weighted by Crippen LogP contribution is -2.16. The first-order valence-electron chi connectivity index (χ1n) is 5.95. The summed E-state index contributed by atoms with van der Waals surface area (Å²) in [5, 5.41) is 11.6. The normalized spacial score (nSPS) is 12.1. The number of nitrogens with one attached hydrogen (secondary N) is 1. The number of aromatic nitrogens is 1. The van der Waals surface area contributed by atoms with Crippen molar-refractivity contribution in [2.24, 2.45) is 10.9 Å². The number of nitrogens with two attached hydrogens (primary N) is 1. The molecule has 0 fully saturated rings. The van der Waals surface area contributed by atoms with Crippen molar-refractivity contribution in [3.8, 4) is 0 Å². The summed E-state index contributed by atoms with van der Waals surface area (Å²) in [4.78, 5) is 3.84. The van der Waals surface area contributed by atoms with Crippen LogP contribution in [0.5, 0.6) is 0 Å². The maximum absolute atomic E-state index is 12.2. The van der Waals surface area contributed by atoms with E-state index in [0.717, 1.165) is 0 Å². The van der Waals surface area contributed by atoms with Crippen molar-refractivity contribution >= 4 is 21.5 Å². The number of hydrogen-bond acceptors (Lipinski definition) is 5. The van der Waals surface area contributed by atoms with Crippen LogP contribution in [0.15, 0.2) is 52.8 Å². The van der Waals surface area contributed by atoms with Crippen LogP contribution in [0.25, 0.3) is 0 Å². The Balaban J connectivity index is 2.40. The number of amidine groups is 1. The molecule has 0 aliphatic heterocycles. The van der Waals surface area contributed by atoms with Crippen LogP contribution in [0.2, 0.25) is 0 Å². The molecule has 0 atom stereocenters. The number of hydrogen-bond donors (Lipinski definition) is 3. The number of nitrogens with zero attached hydrogens (tertiary/aromatic N) is 2. The highest BCUT2D eigenvalue weighted by atomic mass is 32.2. The van der Waals surface area contributed by atoms with Crippen molar-refractivity contribution in [1.82, 2.24) is 4.98 Å². The number of pyridine rings is 1. The van der Waals surface area contributed by atoms with Crippen molar-refractivity contribution in [2.45, 2.75) is 11.8 Å². The van der Waals surface area contributed by atoms with Crippen LogP contribution in [-0.4, -0.2) is 24.4 Å². The number of sulfonamides is 1. The minimum atomic E-state index is -3.74. The second-order valence-corrected chi connectivity index (χ2v) is 5.99. The molecule has 0 aliphatic rings. The summed E-state index contributed by atoms with van der Waals surface area (Å²) in [5.41, 5.74) is 6.97. The van der Waals surface area contributed by atoms with Gasteiger partial charge in [-0.05, 0) is 30.7 Å². The number of anilines is 1. The molecule has 0 unspecified atom stereocenters. The lowest BCUT2D eigenvalue weighted by Gasteiger charge is -2.11. The Labute approximate surface area is 122 Å². The zero-order valence-corrected chi connectivity index (χ0v) is 12.0. The summed E-state index contributed by atoms with van der Waals surface area (Å²) < 4.78 is 26.9. The summed E-state index contributed by atoms with van der Waals surface area (Å²) in [6.07, 6.45) is 2.74. The third kappa shape index (κ3) is 3.29. The van der Waals surface area contributed by atoms with Crippen molar-refractivity contribution in [3.05, 3.63) is 53.9 Å². The number of rotatable bonds is 4. The molecule has 2 aromatic rings. The van der Waals surface area contributed by atoms with Gasteiger partial charge in [0, 0.05) is 18.0 Å². The predicted molar refractivity (Wildman–Crippen MR) is 78.7 cm³/mol. The van der Waals surface area contributed by atoms with E-state index < -0.39 is 10.0 Å². The largest absolute Gasteiger partial charge is 0.409 e. The van der Waals surface area contributed by atoms with E-state index >= 15 is 0 Å². The van der Waals surface area contributed by atoms with Gasteiger partial charge >= 0.3 is 0 Å². The van der Waals surface area contributed by atoms with Gasteiger partial charge in [-0.3, -0.25) is 9.71 Å². The van der Waals surface area contributed by atoms with E-state index in [4.69, 9.17) is 10.9 Å². The highest BCUT2D eigenvalue weighted by molar-refractivity contribution is 7.92. The molecule has 1 heterocycles. The Hall–Kier alpha value is -2.61. The Morgan fingerprint density at radius 1 is 1.38 bits per heavy atom. The Bertz CT molecular complexity index is 773. The van der Waals surface area contributed by atoms with Gasteiger partial charge < -0.3 is 10.9 Å². The topological polar surface area (TPSA) is 118 Å². The monoisotopic (exact) mass is 306 g/mol.